The fourth-order valence-corrected chi connectivity index (χ4v) is 5.01. The number of hydrogen-bond donors (Lipinski definition) is 1. The van der Waals surface area contributed by atoms with E-state index in [4.69, 9.17) is 21.5 Å². The average molecular weight is 443 g/mol. The molecule has 2 aromatic rings. The first-order valence-corrected chi connectivity index (χ1v) is 11.2. The van der Waals surface area contributed by atoms with Crippen molar-refractivity contribution in [3.63, 3.8) is 0 Å². The van der Waals surface area contributed by atoms with E-state index in [1.165, 1.54) is 0 Å². The van der Waals surface area contributed by atoms with Crippen LogP contribution in [0.2, 0.25) is 0 Å². The second-order valence-corrected chi connectivity index (χ2v) is 9.02. The van der Waals surface area contributed by atoms with Gasteiger partial charge in [0.2, 0.25) is 0 Å². The van der Waals surface area contributed by atoms with Gasteiger partial charge in [-0.05, 0) is 56.8 Å². The van der Waals surface area contributed by atoms with Gasteiger partial charge in [-0.3, -0.25) is 4.79 Å². The van der Waals surface area contributed by atoms with E-state index < -0.39 is 0 Å². The normalized spacial score (nSPS) is 17.8. The molecule has 0 bridgehead atoms. The van der Waals surface area contributed by atoms with Crippen LogP contribution in [0.5, 0.6) is 5.75 Å². The summed E-state index contributed by atoms with van der Waals surface area (Å²) in [6.07, 6.45) is 3.10. The van der Waals surface area contributed by atoms with Gasteiger partial charge >= 0.3 is 0 Å². The Balaban J connectivity index is 1.31. The van der Waals surface area contributed by atoms with Gasteiger partial charge in [0.15, 0.2) is 5.11 Å². The Labute approximate surface area is 188 Å². The van der Waals surface area contributed by atoms with Gasteiger partial charge in [0.05, 0.1) is 12.8 Å². The van der Waals surface area contributed by atoms with Crippen LogP contribution < -0.4 is 10.1 Å². The van der Waals surface area contributed by atoms with Gasteiger partial charge in [0.1, 0.15) is 17.1 Å². The molecule has 2 saturated heterocycles. The van der Waals surface area contributed by atoms with Gasteiger partial charge in [0, 0.05) is 38.3 Å². The number of methoxy groups -OCH3 is 1. The van der Waals surface area contributed by atoms with E-state index in [9.17, 15) is 4.79 Å². The lowest BCUT2D eigenvalue weighted by molar-refractivity contribution is 0.0596. The average Bonchev–Trinajstić information content (AvgIpc) is 3.35. The minimum Gasteiger partial charge on any atom is -0.496 e. The standard InChI is InChI=1S/C23H30N4O3S/c1-16-20(17(2)30-25-16)21(28)26-11-8-23(9-12-26)10-13-27(15-23)22(31)24-14-18-6-4-5-7-19(18)29-3/h4-7H,8-15H2,1-3H3,(H,24,31). The summed E-state index contributed by atoms with van der Waals surface area (Å²) in [5.74, 6) is 1.50. The number of para-hydroxylation sites is 1. The number of aryl methyl sites for hydroxylation is 2. The summed E-state index contributed by atoms with van der Waals surface area (Å²) in [6, 6.07) is 7.98. The molecular formula is C23H30N4O3S. The molecule has 0 saturated carbocycles. The van der Waals surface area contributed by atoms with Crippen molar-refractivity contribution in [2.75, 3.05) is 33.3 Å². The third-order valence-electron chi connectivity index (χ3n) is 6.71. The second kappa shape index (κ2) is 8.86. The SMILES string of the molecule is COc1ccccc1CNC(=S)N1CCC2(CCN(C(=O)c3c(C)noc3C)CC2)C1. The highest BCUT2D eigenvalue weighted by Crippen LogP contribution is 2.40. The lowest BCUT2D eigenvalue weighted by Crippen LogP contribution is -2.45. The van der Waals surface area contributed by atoms with E-state index in [0.29, 0.717) is 23.6 Å². The summed E-state index contributed by atoms with van der Waals surface area (Å²) < 4.78 is 10.6. The van der Waals surface area contributed by atoms with Crippen molar-refractivity contribution in [1.82, 2.24) is 20.3 Å². The molecule has 2 aliphatic rings. The molecule has 0 atom stereocenters. The summed E-state index contributed by atoms with van der Waals surface area (Å²) in [4.78, 5) is 17.1. The maximum absolute atomic E-state index is 12.9. The number of likely N-dealkylation sites (tertiary alicyclic amines) is 2. The molecule has 0 unspecified atom stereocenters. The molecule has 3 heterocycles. The second-order valence-electron chi connectivity index (χ2n) is 8.63. The van der Waals surface area contributed by atoms with Gasteiger partial charge in [-0.15, -0.1) is 0 Å². The van der Waals surface area contributed by atoms with Crippen LogP contribution in [-0.4, -0.2) is 59.3 Å². The Kier molecular flexibility index (Phi) is 6.18. The van der Waals surface area contributed by atoms with E-state index in [0.717, 1.165) is 61.9 Å². The van der Waals surface area contributed by atoms with Gasteiger partial charge < -0.3 is 24.4 Å². The number of carbonyl (C=O) groups is 1. The zero-order chi connectivity index (χ0) is 22.0. The van der Waals surface area contributed by atoms with Crippen molar-refractivity contribution < 1.29 is 14.1 Å². The number of thiocarbonyl (C=S) groups is 1. The predicted octanol–water partition coefficient (Wildman–Crippen LogP) is 3.30. The molecule has 1 N–H and O–H groups in total. The Hall–Kier alpha value is -2.61. The number of carbonyl (C=O) groups excluding carboxylic acids is 1. The van der Waals surface area contributed by atoms with Crippen LogP contribution >= 0.6 is 12.2 Å². The Morgan fingerprint density at radius 2 is 1.87 bits per heavy atom. The molecule has 1 aromatic carbocycles. The molecule has 1 aromatic heterocycles. The number of ether oxygens (including phenoxy) is 1. The summed E-state index contributed by atoms with van der Waals surface area (Å²) in [7, 11) is 1.68. The van der Waals surface area contributed by atoms with Crippen molar-refractivity contribution in [3.05, 3.63) is 46.8 Å². The fourth-order valence-electron chi connectivity index (χ4n) is 4.78. The topological polar surface area (TPSA) is 70.8 Å². The summed E-state index contributed by atoms with van der Waals surface area (Å²) in [5.41, 5.74) is 2.60. The van der Waals surface area contributed by atoms with E-state index >= 15 is 0 Å². The molecule has 2 fully saturated rings. The van der Waals surface area contributed by atoms with Crippen LogP contribution in [0.15, 0.2) is 28.8 Å². The van der Waals surface area contributed by atoms with Gasteiger partial charge in [-0.25, -0.2) is 0 Å². The molecule has 1 amide bonds. The van der Waals surface area contributed by atoms with E-state index in [1.807, 2.05) is 36.1 Å². The van der Waals surface area contributed by atoms with E-state index in [1.54, 1.807) is 14.0 Å². The number of nitrogens with one attached hydrogen (secondary N) is 1. The summed E-state index contributed by atoms with van der Waals surface area (Å²) in [6.45, 7) is 7.69. The number of benzene rings is 1. The first-order chi connectivity index (χ1) is 14.9. The van der Waals surface area contributed by atoms with Gasteiger partial charge in [-0.1, -0.05) is 23.4 Å². The fraction of sp³-hybridized carbons (Fsp3) is 0.522. The molecule has 8 heteroatoms. The zero-order valence-electron chi connectivity index (χ0n) is 18.4. The molecule has 166 valence electrons. The monoisotopic (exact) mass is 442 g/mol. The number of amides is 1. The van der Waals surface area contributed by atoms with Crippen LogP contribution in [0, 0.1) is 19.3 Å². The predicted molar refractivity (Wildman–Crippen MR) is 122 cm³/mol. The molecule has 0 aliphatic carbocycles. The Bertz CT molecular complexity index is 946. The summed E-state index contributed by atoms with van der Waals surface area (Å²) >= 11 is 5.68. The Morgan fingerprint density at radius 3 is 2.52 bits per heavy atom. The van der Waals surface area contributed by atoms with Crippen molar-refractivity contribution >= 4 is 23.2 Å². The number of hydrogen-bond acceptors (Lipinski definition) is 5. The highest BCUT2D eigenvalue weighted by molar-refractivity contribution is 7.80. The van der Waals surface area contributed by atoms with Crippen LogP contribution in [0.1, 0.15) is 46.6 Å². The number of aromatic nitrogens is 1. The van der Waals surface area contributed by atoms with Gasteiger partial charge in [0.25, 0.3) is 5.91 Å². The first kappa shape index (κ1) is 21.6. The van der Waals surface area contributed by atoms with Crippen LogP contribution in [-0.2, 0) is 6.54 Å². The smallest absolute Gasteiger partial charge is 0.259 e. The molecule has 2 aliphatic heterocycles. The third-order valence-corrected chi connectivity index (χ3v) is 7.11. The van der Waals surface area contributed by atoms with Crippen LogP contribution in [0.25, 0.3) is 0 Å². The molecule has 1 spiro atoms. The molecule has 31 heavy (non-hydrogen) atoms. The maximum Gasteiger partial charge on any atom is 0.259 e. The maximum atomic E-state index is 12.9. The largest absolute Gasteiger partial charge is 0.496 e. The van der Waals surface area contributed by atoms with Crippen molar-refractivity contribution in [3.8, 4) is 5.75 Å². The Morgan fingerprint density at radius 1 is 1.19 bits per heavy atom. The van der Waals surface area contributed by atoms with E-state index in [2.05, 4.69) is 15.4 Å². The quantitative estimate of drug-likeness (QED) is 0.729. The minimum atomic E-state index is 0.0370. The van der Waals surface area contributed by atoms with Gasteiger partial charge in [-0.2, -0.15) is 0 Å². The first-order valence-electron chi connectivity index (χ1n) is 10.8. The lowest BCUT2D eigenvalue weighted by Gasteiger charge is -2.39. The molecule has 4 rings (SSSR count). The minimum absolute atomic E-state index is 0.0370. The van der Waals surface area contributed by atoms with Crippen molar-refractivity contribution in [2.24, 2.45) is 5.41 Å². The molecule has 7 nitrogen and oxygen atoms in total. The van der Waals surface area contributed by atoms with E-state index in [-0.39, 0.29) is 11.3 Å². The number of rotatable bonds is 4. The summed E-state index contributed by atoms with van der Waals surface area (Å²) in [5, 5.41) is 8.10. The van der Waals surface area contributed by atoms with Crippen LogP contribution in [0.4, 0.5) is 0 Å². The molecule has 0 radical (unpaired) electrons. The number of piperidine rings is 1. The highest BCUT2D eigenvalue weighted by Gasteiger charge is 2.42. The lowest BCUT2D eigenvalue weighted by atomic mass is 9.77. The number of nitrogens with zero attached hydrogens (tertiary/aromatic N) is 3. The van der Waals surface area contributed by atoms with Crippen molar-refractivity contribution in [2.45, 2.75) is 39.7 Å². The molecular weight excluding hydrogens is 412 g/mol. The van der Waals surface area contributed by atoms with Crippen molar-refractivity contribution in [1.29, 1.82) is 0 Å². The van der Waals surface area contributed by atoms with Crippen LogP contribution in [0.3, 0.4) is 0 Å². The highest BCUT2D eigenvalue weighted by atomic mass is 32.1. The third kappa shape index (κ3) is 4.39. The zero-order valence-corrected chi connectivity index (χ0v) is 19.3.